The smallest absolute Gasteiger partial charge is 0.200 e. The van der Waals surface area contributed by atoms with E-state index in [0.29, 0.717) is 5.56 Å². The Labute approximate surface area is 105 Å². The summed E-state index contributed by atoms with van der Waals surface area (Å²) >= 11 is 0. The molecular weight excluding hydrogens is 234 g/mol. The Bertz CT molecular complexity index is 475. The zero-order valence-electron chi connectivity index (χ0n) is 10.3. The molecule has 7 heteroatoms. The van der Waals surface area contributed by atoms with Gasteiger partial charge in [0.1, 0.15) is 0 Å². The van der Waals surface area contributed by atoms with Crippen molar-refractivity contribution in [1.29, 1.82) is 10.8 Å². The van der Waals surface area contributed by atoms with Crippen molar-refractivity contribution >= 4 is 11.9 Å². The van der Waals surface area contributed by atoms with E-state index in [2.05, 4.69) is 0 Å². The molecule has 0 saturated carbocycles. The normalized spacial score (nSPS) is 9.89. The van der Waals surface area contributed by atoms with Gasteiger partial charge < -0.3 is 20.8 Å². The zero-order valence-corrected chi connectivity index (χ0v) is 10.3. The predicted molar refractivity (Wildman–Crippen MR) is 68.6 cm³/mol. The number of nitrogens with one attached hydrogen (secondary N) is 2. The van der Waals surface area contributed by atoms with E-state index in [-0.39, 0.29) is 30.0 Å². The van der Waals surface area contributed by atoms with Crippen molar-refractivity contribution in [2.75, 3.05) is 14.1 Å². The van der Waals surface area contributed by atoms with Crippen LogP contribution in [0.15, 0.2) is 18.2 Å². The maximum atomic E-state index is 9.65. The van der Waals surface area contributed by atoms with Crippen LogP contribution in [0, 0.1) is 10.8 Å². The molecule has 1 rings (SSSR count). The van der Waals surface area contributed by atoms with E-state index in [4.69, 9.17) is 16.6 Å². The van der Waals surface area contributed by atoms with Crippen molar-refractivity contribution in [3.63, 3.8) is 0 Å². The minimum absolute atomic E-state index is 0.0187. The van der Waals surface area contributed by atoms with Crippen LogP contribution in [0.25, 0.3) is 0 Å². The average Bonchev–Trinajstić information content (AvgIpc) is 2.32. The zero-order chi connectivity index (χ0) is 13.9. The van der Waals surface area contributed by atoms with Crippen LogP contribution in [0.5, 0.6) is 11.5 Å². The number of guanidine groups is 2. The van der Waals surface area contributed by atoms with Crippen LogP contribution in [0.3, 0.4) is 0 Å². The number of rotatable bonds is 2. The minimum atomic E-state index is -0.244. The van der Waals surface area contributed by atoms with Gasteiger partial charge in [0.15, 0.2) is 23.4 Å². The summed E-state index contributed by atoms with van der Waals surface area (Å²) in [6.07, 6.45) is 0. The fourth-order valence-corrected chi connectivity index (χ4v) is 1.41. The molecule has 0 fully saturated rings. The van der Waals surface area contributed by atoms with Crippen LogP contribution in [-0.4, -0.2) is 46.0 Å². The molecule has 0 spiro atoms. The first-order chi connectivity index (χ1) is 8.34. The second-order valence-electron chi connectivity index (χ2n) is 3.91. The molecule has 0 aromatic heterocycles. The molecule has 0 saturated heterocycles. The van der Waals surface area contributed by atoms with Crippen LogP contribution < -0.4 is 5.73 Å². The molecule has 7 nitrogen and oxygen atoms in total. The molecule has 1 aromatic carbocycles. The number of hydrogen-bond acceptors (Lipinski definition) is 4. The molecule has 18 heavy (non-hydrogen) atoms. The molecule has 0 radical (unpaired) electrons. The summed E-state index contributed by atoms with van der Waals surface area (Å²) in [5, 5.41) is 34.0. The third-order valence-corrected chi connectivity index (χ3v) is 2.55. The molecular formula is C11H17N5O2. The van der Waals surface area contributed by atoms with Crippen LogP contribution in [0.4, 0.5) is 0 Å². The SMILES string of the molecule is CN(Cc1cccc(O)c1O)C(=N)N(C)C(=N)N. The number of phenolic OH excluding ortho intramolecular Hbond substituents is 2. The lowest BCUT2D eigenvalue weighted by Gasteiger charge is -2.26. The first-order valence-corrected chi connectivity index (χ1v) is 5.21. The summed E-state index contributed by atoms with van der Waals surface area (Å²) in [6, 6.07) is 4.63. The van der Waals surface area contributed by atoms with Crippen LogP contribution in [0.1, 0.15) is 5.56 Å². The van der Waals surface area contributed by atoms with E-state index >= 15 is 0 Å². The maximum absolute atomic E-state index is 9.65. The summed E-state index contributed by atoms with van der Waals surface area (Å²) < 4.78 is 0. The van der Waals surface area contributed by atoms with Gasteiger partial charge in [0.2, 0.25) is 0 Å². The Kier molecular flexibility index (Phi) is 3.98. The number of hydrogen-bond donors (Lipinski definition) is 5. The van der Waals surface area contributed by atoms with E-state index in [9.17, 15) is 10.2 Å². The van der Waals surface area contributed by atoms with Crippen molar-refractivity contribution in [1.82, 2.24) is 9.80 Å². The molecule has 0 heterocycles. The maximum Gasteiger partial charge on any atom is 0.200 e. The largest absolute Gasteiger partial charge is 0.504 e. The summed E-state index contributed by atoms with van der Waals surface area (Å²) in [5.74, 6) is -0.632. The van der Waals surface area contributed by atoms with Gasteiger partial charge in [0, 0.05) is 26.2 Å². The average molecular weight is 251 g/mol. The van der Waals surface area contributed by atoms with Crippen molar-refractivity contribution in [3.05, 3.63) is 23.8 Å². The van der Waals surface area contributed by atoms with Crippen molar-refractivity contribution in [2.24, 2.45) is 5.73 Å². The molecule has 0 unspecified atom stereocenters. The Morgan fingerprint density at radius 1 is 1.28 bits per heavy atom. The fraction of sp³-hybridized carbons (Fsp3) is 0.273. The van der Waals surface area contributed by atoms with Gasteiger partial charge in [-0.25, -0.2) is 0 Å². The van der Waals surface area contributed by atoms with E-state index in [0.717, 1.165) is 0 Å². The van der Waals surface area contributed by atoms with Gasteiger partial charge in [0.25, 0.3) is 0 Å². The number of aromatic hydroxyl groups is 2. The molecule has 0 aliphatic heterocycles. The molecule has 0 amide bonds. The second-order valence-corrected chi connectivity index (χ2v) is 3.91. The van der Waals surface area contributed by atoms with Gasteiger partial charge >= 0.3 is 0 Å². The standard InChI is InChI=1S/C11H17N5O2/c1-15(11(14)16(2)10(12)13)6-7-4-3-5-8(17)9(7)18/h3-5,14,17-18H,6H2,1-2H3,(H3,12,13). The Hall–Kier alpha value is -2.44. The van der Waals surface area contributed by atoms with Crippen molar-refractivity contribution < 1.29 is 10.2 Å². The van der Waals surface area contributed by atoms with E-state index in [1.807, 2.05) is 0 Å². The molecule has 0 bridgehead atoms. The summed E-state index contributed by atoms with van der Waals surface area (Å²) in [4.78, 5) is 2.69. The number of phenols is 2. The summed E-state index contributed by atoms with van der Waals surface area (Å²) in [6.45, 7) is 0.219. The Balaban J connectivity index is 2.82. The van der Waals surface area contributed by atoms with Gasteiger partial charge in [-0.2, -0.15) is 0 Å². The Morgan fingerprint density at radius 2 is 1.89 bits per heavy atom. The van der Waals surface area contributed by atoms with Gasteiger partial charge in [-0.3, -0.25) is 15.7 Å². The highest BCUT2D eigenvalue weighted by Crippen LogP contribution is 2.28. The van der Waals surface area contributed by atoms with Gasteiger partial charge in [0.05, 0.1) is 0 Å². The van der Waals surface area contributed by atoms with Crippen LogP contribution in [-0.2, 0) is 6.54 Å². The lowest BCUT2D eigenvalue weighted by Crippen LogP contribution is -2.45. The van der Waals surface area contributed by atoms with Gasteiger partial charge in [-0.1, -0.05) is 12.1 Å². The highest BCUT2D eigenvalue weighted by molar-refractivity contribution is 5.94. The number of benzene rings is 1. The molecule has 6 N–H and O–H groups in total. The minimum Gasteiger partial charge on any atom is -0.504 e. The number of nitrogens with two attached hydrogens (primary N) is 1. The topological polar surface area (TPSA) is 121 Å². The molecule has 0 aliphatic carbocycles. The molecule has 0 aliphatic rings. The first kappa shape index (κ1) is 13.6. The van der Waals surface area contributed by atoms with E-state index in [1.165, 1.54) is 22.9 Å². The fourth-order valence-electron chi connectivity index (χ4n) is 1.41. The first-order valence-electron chi connectivity index (χ1n) is 5.21. The molecule has 1 aromatic rings. The highest BCUT2D eigenvalue weighted by atomic mass is 16.3. The van der Waals surface area contributed by atoms with Gasteiger partial charge in [-0.15, -0.1) is 0 Å². The monoisotopic (exact) mass is 251 g/mol. The lowest BCUT2D eigenvalue weighted by atomic mass is 10.2. The summed E-state index contributed by atoms with van der Waals surface area (Å²) in [5.41, 5.74) is 5.76. The van der Waals surface area contributed by atoms with Crippen molar-refractivity contribution in [3.8, 4) is 11.5 Å². The van der Waals surface area contributed by atoms with Crippen molar-refractivity contribution in [2.45, 2.75) is 6.54 Å². The third-order valence-electron chi connectivity index (χ3n) is 2.55. The van der Waals surface area contributed by atoms with E-state index < -0.39 is 0 Å². The number of nitrogens with zero attached hydrogens (tertiary/aromatic N) is 2. The highest BCUT2D eigenvalue weighted by Gasteiger charge is 2.14. The van der Waals surface area contributed by atoms with Crippen LogP contribution >= 0.6 is 0 Å². The molecule has 0 atom stereocenters. The van der Waals surface area contributed by atoms with E-state index in [1.54, 1.807) is 19.2 Å². The van der Waals surface area contributed by atoms with Crippen LogP contribution in [0.2, 0.25) is 0 Å². The summed E-state index contributed by atoms with van der Waals surface area (Å²) in [7, 11) is 3.13. The van der Waals surface area contributed by atoms with Gasteiger partial charge in [-0.05, 0) is 6.07 Å². The third kappa shape index (κ3) is 2.82. The Morgan fingerprint density at radius 3 is 2.44 bits per heavy atom. The quantitative estimate of drug-likeness (QED) is 0.294. The molecule has 98 valence electrons. The number of para-hydroxylation sites is 1. The second kappa shape index (κ2) is 5.26. The predicted octanol–water partition coefficient (Wildman–Crippen LogP) is 0.290. The lowest BCUT2D eigenvalue weighted by molar-refractivity contribution is 0.383.